The van der Waals surface area contributed by atoms with Gasteiger partial charge in [-0.3, -0.25) is 9.69 Å². The molecule has 1 saturated carbocycles. The number of amides is 1. The zero-order valence-corrected chi connectivity index (χ0v) is 10.7. The van der Waals surface area contributed by atoms with E-state index in [2.05, 4.69) is 12.2 Å². The van der Waals surface area contributed by atoms with Gasteiger partial charge in [-0.05, 0) is 38.0 Å². The Bertz CT molecular complexity index is 262. The summed E-state index contributed by atoms with van der Waals surface area (Å²) in [4.78, 5) is 13.9. The van der Waals surface area contributed by atoms with Gasteiger partial charge < -0.3 is 10.4 Å². The topological polar surface area (TPSA) is 52.6 Å². The predicted molar refractivity (Wildman–Crippen MR) is 66.6 cm³/mol. The van der Waals surface area contributed by atoms with E-state index in [4.69, 9.17) is 0 Å². The van der Waals surface area contributed by atoms with Gasteiger partial charge in [0.1, 0.15) is 0 Å². The highest BCUT2D eigenvalue weighted by Crippen LogP contribution is 2.23. The summed E-state index contributed by atoms with van der Waals surface area (Å²) < 4.78 is 0. The lowest BCUT2D eigenvalue weighted by Crippen LogP contribution is -2.43. The van der Waals surface area contributed by atoms with Gasteiger partial charge in [-0.15, -0.1) is 0 Å². The van der Waals surface area contributed by atoms with Crippen LogP contribution in [-0.4, -0.2) is 47.7 Å². The van der Waals surface area contributed by atoms with Crippen molar-refractivity contribution in [1.29, 1.82) is 0 Å². The van der Waals surface area contributed by atoms with Crippen LogP contribution in [0.15, 0.2) is 0 Å². The molecule has 98 valence electrons. The first kappa shape index (κ1) is 12.8. The van der Waals surface area contributed by atoms with Crippen LogP contribution in [0.25, 0.3) is 0 Å². The molecule has 1 aliphatic carbocycles. The third kappa shape index (κ3) is 3.96. The van der Waals surface area contributed by atoms with E-state index in [0.717, 1.165) is 31.7 Å². The zero-order chi connectivity index (χ0) is 12.3. The number of likely N-dealkylation sites (tertiary alicyclic amines) is 1. The Morgan fingerprint density at radius 3 is 2.59 bits per heavy atom. The third-order valence-electron chi connectivity index (χ3n) is 4.00. The lowest BCUT2D eigenvalue weighted by atomic mass is 9.87. The van der Waals surface area contributed by atoms with E-state index < -0.39 is 0 Å². The highest BCUT2D eigenvalue weighted by atomic mass is 16.3. The Kier molecular flexibility index (Phi) is 4.40. The van der Waals surface area contributed by atoms with E-state index in [-0.39, 0.29) is 12.0 Å². The van der Waals surface area contributed by atoms with Crippen LogP contribution in [0.4, 0.5) is 0 Å². The quantitative estimate of drug-likeness (QED) is 0.765. The second-order valence-corrected chi connectivity index (χ2v) is 5.70. The smallest absolute Gasteiger partial charge is 0.234 e. The summed E-state index contributed by atoms with van der Waals surface area (Å²) in [6.45, 7) is 4.22. The molecule has 1 aliphatic heterocycles. The first-order valence-corrected chi connectivity index (χ1v) is 6.83. The van der Waals surface area contributed by atoms with Gasteiger partial charge in [0.15, 0.2) is 0 Å². The minimum absolute atomic E-state index is 0.124. The fourth-order valence-electron chi connectivity index (χ4n) is 2.84. The van der Waals surface area contributed by atoms with Crippen LogP contribution in [0.1, 0.15) is 39.0 Å². The van der Waals surface area contributed by atoms with Crippen LogP contribution >= 0.6 is 0 Å². The van der Waals surface area contributed by atoms with E-state index in [1.807, 2.05) is 4.90 Å². The molecular weight excluding hydrogens is 216 g/mol. The Morgan fingerprint density at radius 1 is 1.29 bits per heavy atom. The summed E-state index contributed by atoms with van der Waals surface area (Å²) in [5, 5.41) is 12.5. The van der Waals surface area contributed by atoms with Gasteiger partial charge in [0, 0.05) is 19.1 Å². The molecule has 1 atom stereocenters. The number of hydrogen-bond acceptors (Lipinski definition) is 3. The molecule has 1 amide bonds. The van der Waals surface area contributed by atoms with Crippen molar-refractivity contribution in [3.63, 3.8) is 0 Å². The molecule has 2 aliphatic rings. The molecule has 0 aromatic heterocycles. The van der Waals surface area contributed by atoms with Gasteiger partial charge in [-0.2, -0.15) is 0 Å². The predicted octanol–water partition coefficient (Wildman–Crippen LogP) is 0.748. The number of rotatable bonds is 3. The molecule has 0 spiro atoms. The first-order valence-electron chi connectivity index (χ1n) is 6.83. The largest absolute Gasteiger partial charge is 0.392 e. The molecule has 2 rings (SSSR count). The van der Waals surface area contributed by atoms with Crippen molar-refractivity contribution < 1.29 is 9.90 Å². The van der Waals surface area contributed by atoms with Gasteiger partial charge in [-0.25, -0.2) is 0 Å². The molecule has 0 radical (unpaired) electrons. The molecule has 2 fully saturated rings. The second-order valence-electron chi connectivity index (χ2n) is 5.70. The molecule has 1 heterocycles. The van der Waals surface area contributed by atoms with Gasteiger partial charge in [-0.1, -0.05) is 6.92 Å². The Labute approximate surface area is 103 Å². The summed E-state index contributed by atoms with van der Waals surface area (Å²) in [6.07, 6.45) is 5.26. The molecule has 4 heteroatoms. The molecule has 1 saturated heterocycles. The fraction of sp³-hybridized carbons (Fsp3) is 0.923. The van der Waals surface area contributed by atoms with E-state index in [9.17, 15) is 9.90 Å². The van der Waals surface area contributed by atoms with Crippen molar-refractivity contribution in [2.75, 3.05) is 19.6 Å². The van der Waals surface area contributed by atoms with E-state index in [1.165, 1.54) is 12.8 Å². The summed E-state index contributed by atoms with van der Waals surface area (Å²) in [5.74, 6) is 0.940. The Balaban J connectivity index is 1.67. The van der Waals surface area contributed by atoms with Crippen LogP contribution < -0.4 is 5.32 Å². The lowest BCUT2D eigenvalue weighted by Gasteiger charge is -2.27. The van der Waals surface area contributed by atoms with E-state index in [0.29, 0.717) is 19.1 Å². The number of nitrogens with one attached hydrogen (secondary N) is 1. The number of aliphatic hydroxyl groups is 1. The highest BCUT2D eigenvalue weighted by molar-refractivity contribution is 5.78. The van der Waals surface area contributed by atoms with Crippen LogP contribution in [-0.2, 0) is 4.79 Å². The van der Waals surface area contributed by atoms with Crippen molar-refractivity contribution in [2.24, 2.45) is 5.92 Å². The third-order valence-corrected chi connectivity index (χ3v) is 4.00. The summed E-state index contributed by atoms with van der Waals surface area (Å²) >= 11 is 0. The molecule has 0 bridgehead atoms. The second kappa shape index (κ2) is 5.83. The van der Waals surface area contributed by atoms with E-state index >= 15 is 0 Å². The monoisotopic (exact) mass is 240 g/mol. The van der Waals surface area contributed by atoms with Crippen molar-refractivity contribution in [3.05, 3.63) is 0 Å². The Morgan fingerprint density at radius 2 is 2.00 bits per heavy atom. The molecule has 1 unspecified atom stereocenters. The molecule has 0 aromatic carbocycles. The summed E-state index contributed by atoms with van der Waals surface area (Å²) in [5.41, 5.74) is 0. The standard InChI is InChI=1S/C13H24N2O2/c1-10-2-4-11(5-3-10)14-13(17)9-15-7-6-12(16)8-15/h10-12,16H,2-9H2,1H3,(H,14,17). The average molecular weight is 240 g/mol. The lowest BCUT2D eigenvalue weighted by molar-refractivity contribution is -0.123. The normalized spacial score (nSPS) is 34.8. The zero-order valence-electron chi connectivity index (χ0n) is 10.7. The summed E-state index contributed by atoms with van der Waals surface area (Å²) in [7, 11) is 0. The SMILES string of the molecule is CC1CCC(NC(=O)CN2CCC(O)C2)CC1. The number of aliphatic hydroxyl groups excluding tert-OH is 1. The maximum Gasteiger partial charge on any atom is 0.234 e. The van der Waals surface area contributed by atoms with Gasteiger partial charge in [0.05, 0.1) is 12.6 Å². The Hall–Kier alpha value is -0.610. The number of nitrogens with zero attached hydrogens (tertiary/aromatic N) is 1. The summed E-state index contributed by atoms with van der Waals surface area (Å²) in [6, 6.07) is 0.381. The number of carbonyl (C=O) groups excluding carboxylic acids is 1. The van der Waals surface area contributed by atoms with Crippen LogP contribution in [0.3, 0.4) is 0 Å². The maximum absolute atomic E-state index is 11.8. The van der Waals surface area contributed by atoms with Crippen molar-refractivity contribution in [2.45, 2.75) is 51.2 Å². The average Bonchev–Trinajstić information content (AvgIpc) is 2.67. The van der Waals surface area contributed by atoms with Crippen molar-refractivity contribution in [1.82, 2.24) is 10.2 Å². The number of carbonyl (C=O) groups is 1. The molecule has 0 aromatic rings. The van der Waals surface area contributed by atoms with Crippen LogP contribution in [0.2, 0.25) is 0 Å². The van der Waals surface area contributed by atoms with Crippen LogP contribution in [0, 0.1) is 5.92 Å². The maximum atomic E-state index is 11.8. The molecular formula is C13H24N2O2. The van der Waals surface area contributed by atoms with Gasteiger partial charge >= 0.3 is 0 Å². The van der Waals surface area contributed by atoms with Crippen LogP contribution in [0.5, 0.6) is 0 Å². The van der Waals surface area contributed by atoms with Gasteiger partial charge in [0.25, 0.3) is 0 Å². The minimum atomic E-state index is -0.238. The highest BCUT2D eigenvalue weighted by Gasteiger charge is 2.24. The van der Waals surface area contributed by atoms with E-state index in [1.54, 1.807) is 0 Å². The molecule has 17 heavy (non-hydrogen) atoms. The number of β-amino-alcohol motifs (C(OH)–C–C–N with tert-alkyl or cyclic N) is 1. The fourth-order valence-corrected chi connectivity index (χ4v) is 2.84. The molecule has 2 N–H and O–H groups in total. The van der Waals surface area contributed by atoms with Crippen molar-refractivity contribution >= 4 is 5.91 Å². The number of hydrogen-bond donors (Lipinski definition) is 2. The van der Waals surface area contributed by atoms with Crippen molar-refractivity contribution in [3.8, 4) is 0 Å². The molecule has 4 nitrogen and oxygen atoms in total. The minimum Gasteiger partial charge on any atom is -0.392 e. The van der Waals surface area contributed by atoms with Gasteiger partial charge in [0.2, 0.25) is 5.91 Å². The first-order chi connectivity index (χ1) is 8.13.